The highest BCUT2D eigenvalue weighted by molar-refractivity contribution is 6.04. The highest BCUT2D eigenvalue weighted by atomic mass is 16.5. The summed E-state index contributed by atoms with van der Waals surface area (Å²) < 4.78 is 10.4. The fourth-order valence-electron chi connectivity index (χ4n) is 1.51. The lowest BCUT2D eigenvalue weighted by Gasteiger charge is -2.14. The molecular weight excluding hydrogens is 240 g/mol. The number of hydrogen-bond acceptors (Lipinski definition) is 4. The van der Waals surface area contributed by atoms with Gasteiger partial charge in [0.25, 0.3) is 0 Å². The molecule has 0 spiro atoms. The summed E-state index contributed by atoms with van der Waals surface area (Å²) in [6, 6.07) is 2.59. The number of carboxylic acid groups (broad SMARTS) is 2. The molecule has 1 aromatic carbocycles. The van der Waals surface area contributed by atoms with Crippen molar-refractivity contribution in [1.82, 2.24) is 0 Å². The molecule has 2 N–H and O–H groups in total. The maximum absolute atomic E-state index is 11.2. The molecule has 0 radical (unpaired) electrons. The van der Waals surface area contributed by atoms with Gasteiger partial charge < -0.3 is 19.7 Å². The summed E-state index contributed by atoms with van der Waals surface area (Å²) in [4.78, 5) is 22.2. The zero-order valence-corrected chi connectivity index (χ0v) is 10.1. The van der Waals surface area contributed by atoms with Crippen LogP contribution in [-0.4, -0.2) is 35.4 Å². The summed E-state index contributed by atoms with van der Waals surface area (Å²) in [5.41, 5.74) is -0.718. The minimum atomic E-state index is -1.36. The Kier molecular flexibility index (Phi) is 4.53. The third-order valence-electron chi connectivity index (χ3n) is 2.15. The first-order valence-corrected chi connectivity index (χ1v) is 5.42. The molecule has 0 heterocycles. The van der Waals surface area contributed by atoms with Crippen molar-refractivity contribution < 1.29 is 29.3 Å². The largest absolute Gasteiger partial charge is 0.490 e. The standard InChI is InChI=1S/C12H14O6/c1-3-17-8-6-5-7(11(13)14)9(12(15)16)10(8)18-4-2/h5-6H,3-4H2,1-2H3,(H,13,14)(H,15,16). The highest BCUT2D eigenvalue weighted by Crippen LogP contribution is 2.34. The third-order valence-corrected chi connectivity index (χ3v) is 2.15. The quantitative estimate of drug-likeness (QED) is 0.805. The van der Waals surface area contributed by atoms with Gasteiger partial charge >= 0.3 is 11.9 Å². The molecule has 0 unspecified atom stereocenters. The van der Waals surface area contributed by atoms with Crippen molar-refractivity contribution in [2.24, 2.45) is 0 Å². The van der Waals surface area contributed by atoms with Crippen LogP contribution in [-0.2, 0) is 0 Å². The van der Waals surface area contributed by atoms with E-state index in [2.05, 4.69) is 0 Å². The Morgan fingerprint density at radius 3 is 2.11 bits per heavy atom. The number of benzene rings is 1. The van der Waals surface area contributed by atoms with Crippen LogP contribution in [0.15, 0.2) is 12.1 Å². The lowest BCUT2D eigenvalue weighted by Crippen LogP contribution is -2.12. The topological polar surface area (TPSA) is 93.1 Å². The minimum absolute atomic E-state index is 0.0493. The Hall–Kier alpha value is -2.24. The Balaban J connectivity index is 3.48. The molecule has 0 bridgehead atoms. The first kappa shape index (κ1) is 13.8. The molecule has 0 aliphatic carbocycles. The van der Waals surface area contributed by atoms with Gasteiger partial charge in [0.15, 0.2) is 11.5 Å². The molecule has 0 fully saturated rings. The lowest BCUT2D eigenvalue weighted by atomic mass is 10.1. The summed E-state index contributed by atoms with van der Waals surface area (Å²) in [6.07, 6.45) is 0. The van der Waals surface area contributed by atoms with Crippen molar-refractivity contribution in [2.75, 3.05) is 13.2 Å². The van der Waals surface area contributed by atoms with Gasteiger partial charge in [-0.25, -0.2) is 9.59 Å². The molecule has 0 saturated heterocycles. The summed E-state index contributed by atoms with van der Waals surface area (Å²) in [7, 11) is 0. The Bertz CT molecular complexity index is 466. The first-order chi connectivity index (χ1) is 8.52. The second kappa shape index (κ2) is 5.90. The van der Waals surface area contributed by atoms with Crippen LogP contribution in [0.3, 0.4) is 0 Å². The molecule has 6 heteroatoms. The second-order valence-electron chi connectivity index (χ2n) is 3.29. The van der Waals surface area contributed by atoms with Crippen LogP contribution in [0, 0.1) is 0 Å². The maximum Gasteiger partial charge on any atom is 0.340 e. The van der Waals surface area contributed by atoms with Crippen molar-refractivity contribution >= 4 is 11.9 Å². The van der Waals surface area contributed by atoms with E-state index in [4.69, 9.17) is 19.7 Å². The molecule has 0 atom stereocenters. The van der Waals surface area contributed by atoms with Crippen molar-refractivity contribution in [3.8, 4) is 11.5 Å². The van der Waals surface area contributed by atoms with Crippen LogP contribution >= 0.6 is 0 Å². The zero-order chi connectivity index (χ0) is 13.7. The summed E-state index contributed by atoms with van der Waals surface area (Å²) in [5.74, 6) is -2.51. The van der Waals surface area contributed by atoms with Crippen molar-refractivity contribution in [2.45, 2.75) is 13.8 Å². The Morgan fingerprint density at radius 1 is 1.06 bits per heavy atom. The fraction of sp³-hybridized carbons (Fsp3) is 0.333. The van der Waals surface area contributed by atoms with E-state index in [-0.39, 0.29) is 23.7 Å². The van der Waals surface area contributed by atoms with E-state index in [1.165, 1.54) is 12.1 Å². The minimum Gasteiger partial charge on any atom is -0.490 e. The van der Waals surface area contributed by atoms with Crippen LogP contribution in [0.2, 0.25) is 0 Å². The van der Waals surface area contributed by atoms with Gasteiger partial charge in [-0.05, 0) is 26.0 Å². The van der Waals surface area contributed by atoms with Crippen LogP contribution in [0.1, 0.15) is 34.6 Å². The molecular formula is C12H14O6. The molecule has 0 aliphatic rings. The third kappa shape index (κ3) is 2.71. The maximum atomic E-state index is 11.2. The first-order valence-electron chi connectivity index (χ1n) is 5.42. The average Bonchev–Trinajstić information content (AvgIpc) is 2.30. The van der Waals surface area contributed by atoms with Gasteiger partial charge in [0.05, 0.1) is 18.8 Å². The van der Waals surface area contributed by atoms with E-state index >= 15 is 0 Å². The average molecular weight is 254 g/mol. The van der Waals surface area contributed by atoms with Crippen molar-refractivity contribution in [1.29, 1.82) is 0 Å². The molecule has 18 heavy (non-hydrogen) atoms. The molecule has 0 aliphatic heterocycles. The van der Waals surface area contributed by atoms with Gasteiger partial charge in [-0.1, -0.05) is 0 Å². The predicted molar refractivity (Wildman–Crippen MR) is 62.7 cm³/mol. The molecule has 6 nitrogen and oxygen atoms in total. The molecule has 0 amide bonds. The predicted octanol–water partition coefficient (Wildman–Crippen LogP) is 1.88. The van der Waals surface area contributed by atoms with E-state index in [1.54, 1.807) is 13.8 Å². The summed E-state index contributed by atoms with van der Waals surface area (Å²) in [6.45, 7) is 3.95. The summed E-state index contributed by atoms with van der Waals surface area (Å²) >= 11 is 0. The van der Waals surface area contributed by atoms with Gasteiger partial charge in [-0.2, -0.15) is 0 Å². The van der Waals surface area contributed by atoms with E-state index in [0.717, 1.165) is 0 Å². The van der Waals surface area contributed by atoms with Crippen LogP contribution in [0.25, 0.3) is 0 Å². The smallest absolute Gasteiger partial charge is 0.340 e. The monoisotopic (exact) mass is 254 g/mol. The summed E-state index contributed by atoms with van der Waals surface area (Å²) in [5, 5.41) is 18.1. The molecule has 1 aromatic rings. The number of aromatic carboxylic acids is 2. The zero-order valence-electron chi connectivity index (χ0n) is 10.1. The van der Waals surface area contributed by atoms with Crippen LogP contribution in [0.5, 0.6) is 11.5 Å². The van der Waals surface area contributed by atoms with Crippen LogP contribution < -0.4 is 9.47 Å². The molecule has 98 valence electrons. The number of carboxylic acids is 2. The van der Waals surface area contributed by atoms with E-state index < -0.39 is 17.5 Å². The van der Waals surface area contributed by atoms with Gasteiger partial charge in [-0.15, -0.1) is 0 Å². The Morgan fingerprint density at radius 2 is 1.67 bits per heavy atom. The SMILES string of the molecule is CCOc1ccc(C(=O)O)c(C(=O)O)c1OCC. The molecule has 0 aromatic heterocycles. The van der Waals surface area contributed by atoms with E-state index in [1.807, 2.05) is 0 Å². The van der Waals surface area contributed by atoms with Gasteiger partial charge in [-0.3, -0.25) is 0 Å². The second-order valence-corrected chi connectivity index (χ2v) is 3.29. The normalized spacial score (nSPS) is 9.89. The van der Waals surface area contributed by atoms with Gasteiger partial charge in [0, 0.05) is 0 Å². The van der Waals surface area contributed by atoms with E-state index in [9.17, 15) is 9.59 Å². The van der Waals surface area contributed by atoms with Crippen molar-refractivity contribution in [3.63, 3.8) is 0 Å². The number of hydrogen-bond donors (Lipinski definition) is 2. The van der Waals surface area contributed by atoms with Crippen LogP contribution in [0.4, 0.5) is 0 Å². The Labute approximate surface area is 104 Å². The van der Waals surface area contributed by atoms with E-state index in [0.29, 0.717) is 6.61 Å². The fourth-order valence-corrected chi connectivity index (χ4v) is 1.51. The molecule has 1 rings (SSSR count). The number of rotatable bonds is 6. The number of ether oxygens (including phenoxy) is 2. The lowest BCUT2D eigenvalue weighted by molar-refractivity contribution is 0.0646. The van der Waals surface area contributed by atoms with Gasteiger partial charge in [0.1, 0.15) is 5.56 Å². The molecule has 0 saturated carbocycles. The number of carbonyl (C=O) groups is 2. The highest BCUT2D eigenvalue weighted by Gasteiger charge is 2.24. The van der Waals surface area contributed by atoms with Crippen molar-refractivity contribution in [3.05, 3.63) is 23.3 Å². The van der Waals surface area contributed by atoms with Gasteiger partial charge in [0.2, 0.25) is 0 Å².